The highest BCUT2D eigenvalue weighted by Gasteiger charge is 1.98. The maximum Gasteiger partial charge on any atom is 0.219 e. The molecule has 1 rings (SSSR count). The summed E-state index contributed by atoms with van der Waals surface area (Å²) in [5.74, 6) is 0.700. The van der Waals surface area contributed by atoms with Gasteiger partial charge in [0.15, 0.2) is 0 Å². The third-order valence-electron chi connectivity index (χ3n) is 2.37. The monoisotopic (exact) mass is 237 g/mol. The van der Waals surface area contributed by atoms with Crippen LogP contribution in [0.2, 0.25) is 0 Å². The highest BCUT2D eigenvalue weighted by atomic mass is 16.5. The fraction of sp³-hybridized carbons (Fsp3) is 0.500. The van der Waals surface area contributed by atoms with Gasteiger partial charge in [0.2, 0.25) is 11.8 Å². The molecule has 0 aromatic carbocycles. The normalized spacial score (nSPS) is 10.0. The van der Waals surface area contributed by atoms with Crippen LogP contribution in [0.1, 0.15) is 18.4 Å². The summed E-state index contributed by atoms with van der Waals surface area (Å²) in [6.07, 6.45) is 3.18. The molecule has 0 aliphatic carbocycles. The highest BCUT2D eigenvalue weighted by Crippen LogP contribution is 2.06. The van der Waals surface area contributed by atoms with E-state index in [0.29, 0.717) is 12.3 Å². The van der Waals surface area contributed by atoms with Crippen molar-refractivity contribution < 1.29 is 9.53 Å². The minimum atomic E-state index is 0.0814. The lowest BCUT2D eigenvalue weighted by Gasteiger charge is -2.05. The van der Waals surface area contributed by atoms with E-state index in [4.69, 9.17) is 4.74 Å². The van der Waals surface area contributed by atoms with Gasteiger partial charge >= 0.3 is 0 Å². The van der Waals surface area contributed by atoms with Crippen LogP contribution < -0.4 is 15.4 Å². The van der Waals surface area contributed by atoms with Crippen molar-refractivity contribution >= 4 is 5.91 Å². The number of nitrogens with zero attached hydrogens (tertiary/aromatic N) is 1. The molecule has 0 fully saturated rings. The van der Waals surface area contributed by atoms with E-state index in [1.807, 2.05) is 12.1 Å². The smallest absolute Gasteiger partial charge is 0.219 e. The van der Waals surface area contributed by atoms with Crippen LogP contribution in [-0.2, 0) is 11.3 Å². The number of carbonyl (C=O) groups is 1. The molecule has 1 heterocycles. The van der Waals surface area contributed by atoms with Gasteiger partial charge in [-0.15, -0.1) is 0 Å². The molecule has 0 aliphatic heterocycles. The third-order valence-corrected chi connectivity index (χ3v) is 2.37. The number of carbonyl (C=O) groups excluding carboxylic acids is 1. The van der Waals surface area contributed by atoms with Crippen molar-refractivity contribution in [2.24, 2.45) is 0 Å². The van der Waals surface area contributed by atoms with Crippen molar-refractivity contribution in [2.45, 2.75) is 19.4 Å². The van der Waals surface area contributed by atoms with E-state index in [9.17, 15) is 4.79 Å². The quantitative estimate of drug-likeness (QED) is 0.685. The molecule has 5 nitrogen and oxygen atoms in total. The van der Waals surface area contributed by atoms with E-state index in [1.165, 1.54) is 0 Å². The minimum absolute atomic E-state index is 0.0814. The maximum atomic E-state index is 11.0. The third kappa shape index (κ3) is 5.31. The van der Waals surface area contributed by atoms with Gasteiger partial charge in [-0.3, -0.25) is 4.79 Å². The zero-order valence-electron chi connectivity index (χ0n) is 10.3. The Morgan fingerprint density at radius 3 is 2.88 bits per heavy atom. The van der Waals surface area contributed by atoms with Gasteiger partial charge in [-0.25, -0.2) is 4.98 Å². The van der Waals surface area contributed by atoms with Crippen LogP contribution in [0.4, 0.5) is 0 Å². The van der Waals surface area contributed by atoms with Gasteiger partial charge in [-0.2, -0.15) is 0 Å². The average molecular weight is 237 g/mol. The topological polar surface area (TPSA) is 63.2 Å². The fourth-order valence-corrected chi connectivity index (χ4v) is 1.37. The van der Waals surface area contributed by atoms with Crippen molar-refractivity contribution in [2.75, 3.05) is 20.7 Å². The molecule has 17 heavy (non-hydrogen) atoms. The van der Waals surface area contributed by atoms with Gasteiger partial charge in [0, 0.05) is 32.3 Å². The second kappa shape index (κ2) is 7.62. The van der Waals surface area contributed by atoms with Crippen molar-refractivity contribution in [1.29, 1.82) is 0 Å². The number of amides is 1. The summed E-state index contributed by atoms with van der Waals surface area (Å²) in [6.45, 7) is 1.57. The van der Waals surface area contributed by atoms with Gasteiger partial charge in [-0.05, 0) is 18.5 Å². The first-order valence-corrected chi connectivity index (χ1v) is 5.66. The number of ether oxygens (including phenoxy) is 1. The van der Waals surface area contributed by atoms with Crippen LogP contribution >= 0.6 is 0 Å². The molecule has 0 saturated heterocycles. The SMILES string of the molecule is CNC(=O)CCCNCc1ccc(OC)nc1. The molecule has 1 aromatic heterocycles. The first kappa shape index (κ1) is 13.4. The summed E-state index contributed by atoms with van der Waals surface area (Å²) in [5.41, 5.74) is 1.10. The van der Waals surface area contributed by atoms with Crippen molar-refractivity contribution in [3.63, 3.8) is 0 Å². The van der Waals surface area contributed by atoms with Crippen LogP contribution in [0.5, 0.6) is 5.88 Å². The standard InChI is InChI=1S/C12H19N3O2/c1-13-11(16)4-3-7-14-8-10-5-6-12(17-2)15-9-10/h5-6,9,14H,3-4,7-8H2,1-2H3,(H,13,16). The van der Waals surface area contributed by atoms with E-state index in [1.54, 1.807) is 20.4 Å². The molecule has 94 valence electrons. The minimum Gasteiger partial charge on any atom is -0.481 e. The lowest BCUT2D eigenvalue weighted by atomic mass is 10.2. The van der Waals surface area contributed by atoms with Gasteiger partial charge in [0.25, 0.3) is 0 Å². The second-order valence-corrected chi connectivity index (χ2v) is 3.66. The summed E-state index contributed by atoms with van der Waals surface area (Å²) in [7, 11) is 3.25. The molecule has 0 atom stereocenters. The van der Waals surface area contributed by atoms with Crippen LogP contribution in [0.3, 0.4) is 0 Å². The number of hydrogen-bond donors (Lipinski definition) is 2. The van der Waals surface area contributed by atoms with Gasteiger partial charge in [-0.1, -0.05) is 6.07 Å². The summed E-state index contributed by atoms with van der Waals surface area (Å²) >= 11 is 0. The van der Waals surface area contributed by atoms with E-state index in [0.717, 1.165) is 25.1 Å². The van der Waals surface area contributed by atoms with Crippen LogP contribution in [0.25, 0.3) is 0 Å². The zero-order chi connectivity index (χ0) is 12.5. The number of hydrogen-bond acceptors (Lipinski definition) is 4. The molecule has 1 amide bonds. The van der Waals surface area contributed by atoms with E-state index < -0.39 is 0 Å². The first-order valence-electron chi connectivity index (χ1n) is 5.66. The molecule has 0 radical (unpaired) electrons. The molecule has 0 aliphatic rings. The Morgan fingerprint density at radius 2 is 2.29 bits per heavy atom. The van der Waals surface area contributed by atoms with Gasteiger partial charge < -0.3 is 15.4 Å². The molecule has 0 unspecified atom stereocenters. The van der Waals surface area contributed by atoms with Crippen LogP contribution in [0.15, 0.2) is 18.3 Å². The summed E-state index contributed by atoms with van der Waals surface area (Å²) < 4.78 is 4.97. The number of pyridine rings is 1. The van der Waals surface area contributed by atoms with Gasteiger partial charge in [0.1, 0.15) is 0 Å². The Hall–Kier alpha value is -1.62. The molecule has 2 N–H and O–H groups in total. The summed E-state index contributed by atoms with van der Waals surface area (Å²) in [5, 5.41) is 5.85. The van der Waals surface area contributed by atoms with Crippen LogP contribution in [0, 0.1) is 0 Å². The molecule has 5 heteroatoms. The summed E-state index contributed by atoms with van der Waals surface area (Å²) in [6, 6.07) is 3.80. The average Bonchev–Trinajstić information content (AvgIpc) is 2.38. The lowest BCUT2D eigenvalue weighted by molar-refractivity contribution is -0.120. The fourth-order valence-electron chi connectivity index (χ4n) is 1.37. The van der Waals surface area contributed by atoms with E-state index >= 15 is 0 Å². The number of aromatic nitrogens is 1. The maximum absolute atomic E-state index is 11.0. The number of methoxy groups -OCH3 is 1. The predicted octanol–water partition coefficient (Wildman–Crippen LogP) is 0.706. The van der Waals surface area contributed by atoms with Crippen molar-refractivity contribution in [3.8, 4) is 5.88 Å². The number of rotatable bonds is 7. The molecule has 0 spiro atoms. The van der Waals surface area contributed by atoms with Gasteiger partial charge in [0.05, 0.1) is 7.11 Å². The number of nitrogens with one attached hydrogen (secondary N) is 2. The second-order valence-electron chi connectivity index (χ2n) is 3.66. The Kier molecular flexibility index (Phi) is 6.03. The zero-order valence-corrected chi connectivity index (χ0v) is 10.3. The molecule has 0 saturated carbocycles. The van der Waals surface area contributed by atoms with E-state index in [-0.39, 0.29) is 5.91 Å². The first-order chi connectivity index (χ1) is 8.26. The lowest BCUT2D eigenvalue weighted by Crippen LogP contribution is -2.20. The predicted molar refractivity (Wildman–Crippen MR) is 65.8 cm³/mol. The molecule has 1 aromatic rings. The molecular weight excluding hydrogens is 218 g/mol. The Bertz CT molecular complexity index is 338. The Balaban J connectivity index is 2.15. The van der Waals surface area contributed by atoms with Crippen LogP contribution in [-0.4, -0.2) is 31.6 Å². The highest BCUT2D eigenvalue weighted by molar-refractivity contribution is 5.75. The molecular formula is C12H19N3O2. The van der Waals surface area contributed by atoms with Crippen molar-refractivity contribution in [3.05, 3.63) is 23.9 Å². The largest absolute Gasteiger partial charge is 0.481 e. The summed E-state index contributed by atoms with van der Waals surface area (Å²) in [4.78, 5) is 15.1. The van der Waals surface area contributed by atoms with Crippen molar-refractivity contribution in [1.82, 2.24) is 15.6 Å². The molecule has 0 bridgehead atoms. The van der Waals surface area contributed by atoms with E-state index in [2.05, 4.69) is 15.6 Å². The Morgan fingerprint density at radius 1 is 1.47 bits per heavy atom. The Labute approximate surface area is 102 Å².